The predicted molar refractivity (Wildman–Crippen MR) is 126 cm³/mol. The summed E-state index contributed by atoms with van der Waals surface area (Å²) < 4.78 is 5.48. The number of aryl methyl sites for hydroxylation is 1. The summed E-state index contributed by atoms with van der Waals surface area (Å²) in [6, 6.07) is 8.59. The van der Waals surface area contributed by atoms with Crippen molar-refractivity contribution in [3.8, 4) is 5.75 Å². The summed E-state index contributed by atoms with van der Waals surface area (Å²) in [6.07, 6.45) is 5.77. The van der Waals surface area contributed by atoms with Gasteiger partial charge < -0.3 is 9.64 Å². The van der Waals surface area contributed by atoms with Crippen molar-refractivity contribution >= 4 is 11.8 Å². The predicted octanol–water partition coefficient (Wildman–Crippen LogP) is 3.64. The Labute approximate surface area is 193 Å². The van der Waals surface area contributed by atoms with Gasteiger partial charge in [0, 0.05) is 44.6 Å². The fourth-order valence-electron chi connectivity index (χ4n) is 4.60. The third-order valence-electron chi connectivity index (χ3n) is 6.39. The SMILES string of the molecule is CCCC(CC)N1CCN(C(=O)[C@H](CCCc2ccc(OCC)cc2)CC(=O)NO)CC1. The van der Waals surface area contributed by atoms with Gasteiger partial charge in [0.25, 0.3) is 0 Å². The Morgan fingerprint density at radius 2 is 1.75 bits per heavy atom. The normalized spacial score (nSPS) is 16.4. The first-order chi connectivity index (χ1) is 15.5. The van der Waals surface area contributed by atoms with E-state index in [2.05, 4.69) is 18.7 Å². The largest absolute Gasteiger partial charge is 0.494 e. The van der Waals surface area contributed by atoms with Gasteiger partial charge in [0.1, 0.15) is 5.75 Å². The van der Waals surface area contributed by atoms with E-state index in [0.29, 0.717) is 32.2 Å². The first-order valence-corrected chi connectivity index (χ1v) is 12.2. The van der Waals surface area contributed by atoms with Gasteiger partial charge in [0.05, 0.1) is 6.61 Å². The third-order valence-corrected chi connectivity index (χ3v) is 6.39. The van der Waals surface area contributed by atoms with Gasteiger partial charge in [-0.05, 0) is 56.7 Å². The Hall–Kier alpha value is -2.12. The van der Waals surface area contributed by atoms with Crippen LogP contribution in [0, 0.1) is 5.92 Å². The second kappa shape index (κ2) is 14.1. The van der Waals surface area contributed by atoms with Crippen LogP contribution in [0.4, 0.5) is 0 Å². The van der Waals surface area contributed by atoms with Crippen molar-refractivity contribution in [2.24, 2.45) is 5.92 Å². The summed E-state index contributed by atoms with van der Waals surface area (Å²) in [6.45, 7) is 10.2. The highest BCUT2D eigenvalue weighted by Crippen LogP contribution is 2.21. The van der Waals surface area contributed by atoms with Crippen molar-refractivity contribution in [3.63, 3.8) is 0 Å². The third kappa shape index (κ3) is 8.10. The summed E-state index contributed by atoms with van der Waals surface area (Å²) >= 11 is 0. The van der Waals surface area contributed by atoms with Gasteiger partial charge in [-0.25, -0.2) is 5.48 Å². The maximum atomic E-state index is 13.2. The van der Waals surface area contributed by atoms with Crippen molar-refractivity contribution in [3.05, 3.63) is 29.8 Å². The van der Waals surface area contributed by atoms with Crippen LogP contribution >= 0.6 is 0 Å². The molecule has 1 aromatic rings. The molecule has 1 aliphatic heterocycles. The van der Waals surface area contributed by atoms with Crippen LogP contribution in [0.25, 0.3) is 0 Å². The molecule has 2 rings (SSSR count). The molecule has 0 bridgehead atoms. The fraction of sp³-hybridized carbons (Fsp3) is 0.680. The first kappa shape index (κ1) is 26.1. The molecule has 1 aromatic carbocycles. The molecule has 1 aliphatic rings. The number of hydrogen-bond donors (Lipinski definition) is 2. The Kier molecular flexibility index (Phi) is 11.5. The average Bonchev–Trinajstić information content (AvgIpc) is 2.82. The fourth-order valence-corrected chi connectivity index (χ4v) is 4.60. The minimum Gasteiger partial charge on any atom is -0.494 e. The lowest BCUT2D eigenvalue weighted by Gasteiger charge is -2.40. The van der Waals surface area contributed by atoms with Gasteiger partial charge in [-0.1, -0.05) is 32.4 Å². The van der Waals surface area contributed by atoms with E-state index in [0.717, 1.165) is 38.1 Å². The van der Waals surface area contributed by atoms with Crippen LogP contribution < -0.4 is 10.2 Å². The topological polar surface area (TPSA) is 82.1 Å². The Morgan fingerprint density at radius 3 is 2.31 bits per heavy atom. The number of ether oxygens (including phenoxy) is 1. The van der Waals surface area contributed by atoms with Crippen molar-refractivity contribution in [2.45, 2.75) is 71.8 Å². The molecule has 0 radical (unpaired) electrons. The minimum absolute atomic E-state index is 0.0201. The van der Waals surface area contributed by atoms with Crippen molar-refractivity contribution < 1.29 is 19.5 Å². The van der Waals surface area contributed by atoms with Crippen LogP contribution in [-0.4, -0.2) is 65.6 Å². The van der Waals surface area contributed by atoms with Crippen LogP contribution in [0.3, 0.4) is 0 Å². The van der Waals surface area contributed by atoms with Gasteiger partial charge in [-0.15, -0.1) is 0 Å². The minimum atomic E-state index is -0.503. The Bertz CT molecular complexity index is 687. The molecule has 0 saturated carbocycles. The van der Waals surface area contributed by atoms with Gasteiger partial charge in [-0.3, -0.25) is 19.7 Å². The molecule has 0 spiro atoms. The van der Waals surface area contributed by atoms with Crippen LogP contribution in [0.1, 0.15) is 64.9 Å². The number of hydroxylamine groups is 1. The smallest absolute Gasteiger partial charge is 0.244 e. The lowest BCUT2D eigenvalue weighted by atomic mass is 9.94. The van der Waals surface area contributed by atoms with E-state index in [1.807, 2.05) is 36.1 Å². The number of nitrogens with zero attached hydrogens (tertiary/aromatic N) is 2. The highest BCUT2D eigenvalue weighted by atomic mass is 16.5. The first-order valence-electron chi connectivity index (χ1n) is 12.2. The number of benzene rings is 1. The highest BCUT2D eigenvalue weighted by Gasteiger charge is 2.30. The average molecular weight is 448 g/mol. The summed E-state index contributed by atoms with van der Waals surface area (Å²) in [5.74, 6) is -0.0261. The highest BCUT2D eigenvalue weighted by molar-refractivity contribution is 5.85. The molecule has 1 unspecified atom stereocenters. The number of amides is 2. The molecule has 0 aromatic heterocycles. The monoisotopic (exact) mass is 447 g/mol. The Balaban J connectivity index is 1.90. The van der Waals surface area contributed by atoms with Crippen molar-refractivity contribution in [1.82, 2.24) is 15.3 Å². The molecule has 7 nitrogen and oxygen atoms in total. The zero-order chi connectivity index (χ0) is 23.3. The molecule has 180 valence electrons. The van der Waals surface area contributed by atoms with Crippen molar-refractivity contribution in [2.75, 3.05) is 32.8 Å². The summed E-state index contributed by atoms with van der Waals surface area (Å²) in [5.41, 5.74) is 2.87. The maximum Gasteiger partial charge on any atom is 0.244 e. The molecular weight excluding hydrogens is 406 g/mol. The van der Waals surface area contributed by atoms with E-state index in [9.17, 15) is 9.59 Å². The van der Waals surface area contributed by atoms with Crippen LogP contribution in [-0.2, 0) is 16.0 Å². The van der Waals surface area contributed by atoms with E-state index in [-0.39, 0.29) is 12.3 Å². The number of nitrogens with one attached hydrogen (secondary N) is 1. The van der Waals surface area contributed by atoms with E-state index in [4.69, 9.17) is 9.94 Å². The molecule has 32 heavy (non-hydrogen) atoms. The molecule has 2 N–H and O–H groups in total. The quantitative estimate of drug-likeness (QED) is 0.356. The second-order valence-electron chi connectivity index (χ2n) is 8.62. The number of piperazine rings is 1. The second-order valence-corrected chi connectivity index (χ2v) is 8.62. The molecule has 1 fully saturated rings. The lowest BCUT2D eigenvalue weighted by molar-refractivity contribution is -0.142. The summed E-state index contributed by atoms with van der Waals surface area (Å²) in [7, 11) is 0. The summed E-state index contributed by atoms with van der Waals surface area (Å²) in [4.78, 5) is 29.4. The van der Waals surface area contributed by atoms with E-state index >= 15 is 0 Å². The number of hydrogen-bond acceptors (Lipinski definition) is 5. The van der Waals surface area contributed by atoms with E-state index in [1.54, 1.807) is 5.48 Å². The van der Waals surface area contributed by atoms with Crippen LogP contribution in [0.5, 0.6) is 5.75 Å². The zero-order valence-corrected chi connectivity index (χ0v) is 20.0. The molecule has 7 heteroatoms. The number of carbonyl (C=O) groups excluding carboxylic acids is 2. The van der Waals surface area contributed by atoms with E-state index < -0.39 is 11.8 Å². The van der Waals surface area contributed by atoms with Gasteiger partial charge in [0.2, 0.25) is 11.8 Å². The number of rotatable bonds is 13. The summed E-state index contributed by atoms with van der Waals surface area (Å²) in [5, 5.41) is 8.98. The van der Waals surface area contributed by atoms with Crippen LogP contribution in [0.2, 0.25) is 0 Å². The van der Waals surface area contributed by atoms with Gasteiger partial charge in [-0.2, -0.15) is 0 Å². The zero-order valence-electron chi connectivity index (χ0n) is 20.0. The number of carbonyl (C=O) groups is 2. The van der Waals surface area contributed by atoms with Crippen molar-refractivity contribution in [1.29, 1.82) is 0 Å². The van der Waals surface area contributed by atoms with Gasteiger partial charge >= 0.3 is 0 Å². The standard InChI is InChI=1S/C25H41N3O4/c1-4-8-22(5-2)27-15-17-28(18-16-27)25(30)21(19-24(29)26-31)10-7-9-20-11-13-23(14-12-20)32-6-3/h11-14,21-22,31H,4-10,15-19H2,1-3H3,(H,26,29)/t21-,22?/m1/s1. The molecule has 0 aliphatic carbocycles. The molecule has 2 amide bonds. The molecule has 2 atom stereocenters. The molecule has 1 heterocycles. The molecular formula is C25H41N3O4. The lowest BCUT2D eigenvalue weighted by Crippen LogP contribution is -2.53. The van der Waals surface area contributed by atoms with Crippen LogP contribution in [0.15, 0.2) is 24.3 Å². The Morgan fingerprint density at radius 1 is 1.06 bits per heavy atom. The molecule has 1 saturated heterocycles. The maximum absolute atomic E-state index is 13.2. The van der Waals surface area contributed by atoms with E-state index in [1.165, 1.54) is 18.4 Å². The van der Waals surface area contributed by atoms with Gasteiger partial charge in [0.15, 0.2) is 0 Å².